The van der Waals surface area contributed by atoms with E-state index in [-0.39, 0.29) is 23.9 Å². The predicted molar refractivity (Wildman–Crippen MR) is 74.0 cm³/mol. The summed E-state index contributed by atoms with van der Waals surface area (Å²) in [6.45, 7) is 5.60. The molecule has 1 saturated carbocycles. The van der Waals surface area contributed by atoms with Crippen LogP contribution in [-0.4, -0.2) is 40.4 Å². The third-order valence-electron chi connectivity index (χ3n) is 3.90. The molecule has 0 radical (unpaired) electrons. The Labute approximate surface area is 119 Å². The maximum Gasteiger partial charge on any atom is 0.325 e. The third-order valence-corrected chi connectivity index (χ3v) is 3.90. The molecule has 1 spiro atoms. The van der Waals surface area contributed by atoms with Crippen LogP contribution in [0.3, 0.4) is 0 Å². The van der Waals surface area contributed by atoms with Gasteiger partial charge in [0.15, 0.2) is 0 Å². The van der Waals surface area contributed by atoms with E-state index in [1.165, 1.54) is 4.90 Å². The van der Waals surface area contributed by atoms with E-state index in [9.17, 15) is 14.4 Å². The van der Waals surface area contributed by atoms with Crippen molar-refractivity contribution in [2.75, 3.05) is 6.54 Å². The Bertz CT molecular complexity index is 433. The number of urea groups is 1. The zero-order valence-corrected chi connectivity index (χ0v) is 12.4. The van der Waals surface area contributed by atoms with E-state index in [1.54, 1.807) is 0 Å². The first kappa shape index (κ1) is 14.8. The SMILES string of the molecule is CC(C)(C)NC(=O)CN1C(=O)NC(=O)C12CCCCC2. The summed E-state index contributed by atoms with van der Waals surface area (Å²) in [6, 6.07) is -0.444. The zero-order valence-electron chi connectivity index (χ0n) is 12.4. The molecule has 2 N–H and O–H groups in total. The summed E-state index contributed by atoms with van der Waals surface area (Å²) in [6.07, 6.45) is 4.20. The van der Waals surface area contributed by atoms with Crippen LogP contribution < -0.4 is 10.6 Å². The second kappa shape index (κ2) is 5.07. The first-order chi connectivity index (χ1) is 9.24. The fraction of sp³-hybridized carbons (Fsp3) is 0.786. The first-order valence-corrected chi connectivity index (χ1v) is 7.19. The minimum Gasteiger partial charge on any atom is -0.350 e. The van der Waals surface area contributed by atoms with Crippen LogP contribution in [-0.2, 0) is 9.59 Å². The molecule has 1 heterocycles. The van der Waals surface area contributed by atoms with Gasteiger partial charge in [-0.1, -0.05) is 19.3 Å². The largest absolute Gasteiger partial charge is 0.350 e. The Morgan fingerprint density at radius 2 is 1.85 bits per heavy atom. The van der Waals surface area contributed by atoms with Crippen molar-refractivity contribution in [1.29, 1.82) is 0 Å². The van der Waals surface area contributed by atoms with Gasteiger partial charge in [-0.05, 0) is 33.6 Å². The number of carbonyl (C=O) groups excluding carboxylic acids is 3. The highest BCUT2D eigenvalue weighted by Gasteiger charge is 2.53. The van der Waals surface area contributed by atoms with Gasteiger partial charge in [0.1, 0.15) is 12.1 Å². The number of amides is 4. The average Bonchev–Trinajstić information content (AvgIpc) is 2.53. The molecule has 0 aromatic carbocycles. The molecule has 1 aliphatic carbocycles. The molecule has 2 rings (SSSR count). The number of hydrogen-bond donors (Lipinski definition) is 2. The Morgan fingerprint density at radius 1 is 1.25 bits per heavy atom. The molecular weight excluding hydrogens is 258 g/mol. The molecule has 4 amide bonds. The van der Waals surface area contributed by atoms with E-state index in [2.05, 4.69) is 10.6 Å². The fourth-order valence-corrected chi connectivity index (χ4v) is 3.06. The van der Waals surface area contributed by atoms with Crippen LogP contribution in [0.15, 0.2) is 0 Å². The third kappa shape index (κ3) is 2.78. The molecule has 0 aromatic heterocycles. The molecule has 2 aliphatic rings. The lowest BCUT2D eigenvalue weighted by molar-refractivity contribution is -0.130. The number of nitrogens with zero attached hydrogens (tertiary/aromatic N) is 1. The molecule has 112 valence electrons. The van der Waals surface area contributed by atoms with Gasteiger partial charge in [0.2, 0.25) is 5.91 Å². The lowest BCUT2D eigenvalue weighted by Gasteiger charge is -2.38. The van der Waals surface area contributed by atoms with Crippen molar-refractivity contribution in [3.63, 3.8) is 0 Å². The standard InChI is InChI=1S/C14H23N3O3/c1-13(2,3)16-10(18)9-17-12(20)15-11(19)14(17)7-5-4-6-8-14/h4-9H2,1-3H3,(H,16,18)(H,15,19,20). The van der Waals surface area contributed by atoms with Gasteiger partial charge in [0.05, 0.1) is 0 Å². The van der Waals surface area contributed by atoms with Gasteiger partial charge in [-0.15, -0.1) is 0 Å². The molecule has 1 saturated heterocycles. The highest BCUT2D eigenvalue weighted by Crippen LogP contribution is 2.36. The highest BCUT2D eigenvalue weighted by molar-refractivity contribution is 6.08. The van der Waals surface area contributed by atoms with Crippen molar-refractivity contribution in [2.45, 2.75) is 64.0 Å². The maximum absolute atomic E-state index is 12.1. The molecule has 0 atom stereocenters. The minimum atomic E-state index is -0.801. The highest BCUT2D eigenvalue weighted by atomic mass is 16.2. The van der Waals surface area contributed by atoms with Crippen molar-refractivity contribution in [3.05, 3.63) is 0 Å². The van der Waals surface area contributed by atoms with Gasteiger partial charge in [-0.25, -0.2) is 4.79 Å². The lowest BCUT2D eigenvalue weighted by atomic mass is 9.80. The Morgan fingerprint density at radius 3 is 2.40 bits per heavy atom. The van der Waals surface area contributed by atoms with Crippen molar-refractivity contribution in [2.24, 2.45) is 0 Å². The molecule has 0 aromatic rings. The summed E-state index contributed by atoms with van der Waals surface area (Å²) in [5.74, 6) is -0.474. The number of carbonyl (C=O) groups is 3. The second-order valence-corrected chi connectivity index (χ2v) is 6.74. The average molecular weight is 281 g/mol. The normalized spacial score (nSPS) is 22.1. The van der Waals surface area contributed by atoms with E-state index in [0.29, 0.717) is 12.8 Å². The fourth-order valence-electron chi connectivity index (χ4n) is 3.06. The summed E-state index contributed by atoms with van der Waals surface area (Å²) >= 11 is 0. The van der Waals surface area contributed by atoms with Gasteiger partial charge in [0.25, 0.3) is 5.91 Å². The molecule has 1 aliphatic heterocycles. The second-order valence-electron chi connectivity index (χ2n) is 6.74. The van der Waals surface area contributed by atoms with Crippen LogP contribution in [0, 0.1) is 0 Å². The molecule has 20 heavy (non-hydrogen) atoms. The molecular formula is C14H23N3O3. The number of hydrogen-bond acceptors (Lipinski definition) is 3. The van der Waals surface area contributed by atoms with Crippen LogP contribution in [0.25, 0.3) is 0 Å². The Hall–Kier alpha value is -1.59. The van der Waals surface area contributed by atoms with Gasteiger partial charge in [-0.3, -0.25) is 14.9 Å². The molecule has 0 unspecified atom stereocenters. The quantitative estimate of drug-likeness (QED) is 0.745. The van der Waals surface area contributed by atoms with E-state index in [1.807, 2.05) is 20.8 Å². The van der Waals surface area contributed by atoms with Crippen LogP contribution in [0.5, 0.6) is 0 Å². The summed E-state index contributed by atoms with van der Waals surface area (Å²) in [4.78, 5) is 37.6. The van der Waals surface area contributed by atoms with Crippen LogP contribution >= 0.6 is 0 Å². The van der Waals surface area contributed by atoms with Crippen molar-refractivity contribution < 1.29 is 14.4 Å². The monoisotopic (exact) mass is 281 g/mol. The summed E-state index contributed by atoms with van der Waals surface area (Å²) < 4.78 is 0. The number of imide groups is 1. The number of nitrogens with one attached hydrogen (secondary N) is 2. The van der Waals surface area contributed by atoms with E-state index >= 15 is 0 Å². The molecule has 6 heteroatoms. The van der Waals surface area contributed by atoms with E-state index < -0.39 is 11.6 Å². The van der Waals surface area contributed by atoms with E-state index in [4.69, 9.17) is 0 Å². The molecule has 0 bridgehead atoms. The van der Waals surface area contributed by atoms with Crippen molar-refractivity contribution in [1.82, 2.24) is 15.5 Å². The zero-order chi connectivity index (χ0) is 15.0. The Kier molecular flexibility index (Phi) is 3.75. The van der Waals surface area contributed by atoms with Gasteiger partial charge in [-0.2, -0.15) is 0 Å². The smallest absolute Gasteiger partial charge is 0.325 e. The Balaban J connectivity index is 2.13. The van der Waals surface area contributed by atoms with E-state index in [0.717, 1.165) is 19.3 Å². The maximum atomic E-state index is 12.1. The summed E-state index contributed by atoms with van der Waals surface area (Å²) in [5, 5.41) is 5.20. The van der Waals surface area contributed by atoms with Crippen LogP contribution in [0.1, 0.15) is 52.9 Å². The van der Waals surface area contributed by atoms with Gasteiger partial charge in [0, 0.05) is 5.54 Å². The summed E-state index contributed by atoms with van der Waals surface area (Å²) in [5.41, 5.74) is -1.15. The van der Waals surface area contributed by atoms with Crippen molar-refractivity contribution >= 4 is 17.8 Å². The van der Waals surface area contributed by atoms with Crippen LogP contribution in [0.2, 0.25) is 0 Å². The molecule has 6 nitrogen and oxygen atoms in total. The number of rotatable bonds is 2. The van der Waals surface area contributed by atoms with Crippen LogP contribution in [0.4, 0.5) is 4.79 Å². The predicted octanol–water partition coefficient (Wildman–Crippen LogP) is 1.16. The first-order valence-electron chi connectivity index (χ1n) is 7.19. The topological polar surface area (TPSA) is 78.5 Å². The lowest BCUT2D eigenvalue weighted by Crippen LogP contribution is -2.55. The molecule has 2 fully saturated rings. The van der Waals surface area contributed by atoms with Crippen molar-refractivity contribution in [3.8, 4) is 0 Å². The van der Waals surface area contributed by atoms with Gasteiger partial charge >= 0.3 is 6.03 Å². The summed E-state index contributed by atoms with van der Waals surface area (Å²) in [7, 11) is 0. The minimum absolute atomic E-state index is 0.0607. The van der Waals surface area contributed by atoms with Gasteiger partial charge < -0.3 is 10.2 Å².